The first-order chi connectivity index (χ1) is 28.5. The molecule has 0 aliphatic carbocycles. The number of aliphatic hydroxyl groups excluding tert-OH is 1. The van der Waals surface area contributed by atoms with Gasteiger partial charge in [0.1, 0.15) is 23.3 Å². The minimum absolute atomic E-state index is 0.109. The molecule has 2 aliphatic rings. The number of aromatic nitrogens is 3. The van der Waals surface area contributed by atoms with Crippen molar-refractivity contribution in [2.45, 2.75) is 63.5 Å². The molecule has 0 saturated carbocycles. The molecule has 1 aromatic heterocycles. The summed E-state index contributed by atoms with van der Waals surface area (Å²) in [7, 11) is 3.24. The maximum absolute atomic E-state index is 15.3. The van der Waals surface area contributed by atoms with Crippen LogP contribution >= 0.6 is 0 Å². The molecule has 11 nitrogen and oxygen atoms in total. The quantitative estimate of drug-likeness (QED) is 0.120. The van der Waals surface area contributed by atoms with Crippen LogP contribution in [0.4, 0.5) is 11.4 Å². The molecule has 11 heteroatoms. The number of amides is 2. The molecule has 2 N–H and O–H groups in total. The average molecular weight is 792 g/mol. The van der Waals surface area contributed by atoms with E-state index in [4.69, 9.17) is 14.2 Å². The molecule has 302 valence electrons. The molecule has 59 heavy (non-hydrogen) atoms. The van der Waals surface area contributed by atoms with Gasteiger partial charge in [-0.05, 0) is 83.1 Å². The molecule has 5 aromatic carbocycles. The Morgan fingerprint density at radius 1 is 0.898 bits per heavy atom. The smallest absolute Gasteiger partial charge is 0.264 e. The molecular formula is C48H49N5O6. The number of aliphatic hydroxyl groups is 1. The average Bonchev–Trinajstić information content (AvgIpc) is 3.93. The predicted octanol–water partition coefficient (Wildman–Crippen LogP) is 8.09. The van der Waals surface area contributed by atoms with Crippen molar-refractivity contribution < 1.29 is 28.9 Å². The molecule has 0 unspecified atom stereocenters. The van der Waals surface area contributed by atoms with E-state index < -0.39 is 17.1 Å². The Labute approximate surface area is 344 Å². The number of nitrogens with zero attached hydrogens (tertiary/aromatic N) is 4. The highest BCUT2D eigenvalue weighted by Crippen LogP contribution is 2.60. The van der Waals surface area contributed by atoms with E-state index in [9.17, 15) is 9.90 Å². The van der Waals surface area contributed by atoms with E-state index >= 15 is 4.79 Å². The van der Waals surface area contributed by atoms with Gasteiger partial charge in [-0.25, -0.2) is 0 Å². The van der Waals surface area contributed by atoms with Crippen LogP contribution in [0.15, 0.2) is 134 Å². The Hall–Kier alpha value is -6.30. The number of hydrogen-bond acceptors (Lipinski definition) is 8. The second-order valence-corrected chi connectivity index (χ2v) is 16.0. The number of rotatable bonds is 13. The summed E-state index contributed by atoms with van der Waals surface area (Å²) in [6.45, 7) is 7.34. The number of benzene rings is 5. The van der Waals surface area contributed by atoms with Crippen LogP contribution in [0, 0.1) is 11.8 Å². The fraction of sp³-hybridized carbons (Fsp3) is 0.292. The second-order valence-electron chi connectivity index (χ2n) is 16.0. The first-order valence-electron chi connectivity index (χ1n) is 19.9. The highest BCUT2D eigenvalue weighted by atomic mass is 16.5. The summed E-state index contributed by atoms with van der Waals surface area (Å²) in [6.07, 6.45) is 1.07. The Morgan fingerprint density at radius 3 is 2.29 bits per heavy atom. The van der Waals surface area contributed by atoms with Crippen molar-refractivity contribution in [1.82, 2.24) is 15.0 Å². The molecule has 5 atom stereocenters. The van der Waals surface area contributed by atoms with E-state index in [1.54, 1.807) is 49.4 Å². The van der Waals surface area contributed by atoms with Crippen LogP contribution in [-0.4, -0.2) is 52.2 Å². The van der Waals surface area contributed by atoms with Crippen LogP contribution in [0.25, 0.3) is 0 Å². The van der Waals surface area contributed by atoms with Gasteiger partial charge < -0.3 is 29.5 Å². The number of nitrogens with one attached hydrogen (secondary N) is 1. The minimum Gasteiger partial charge on any atom is -0.497 e. The zero-order valence-electron chi connectivity index (χ0n) is 33.9. The van der Waals surface area contributed by atoms with Gasteiger partial charge in [0, 0.05) is 35.2 Å². The van der Waals surface area contributed by atoms with Gasteiger partial charge in [-0.3, -0.25) is 14.3 Å². The van der Waals surface area contributed by atoms with Crippen molar-refractivity contribution in [2.24, 2.45) is 11.8 Å². The van der Waals surface area contributed by atoms with E-state index in [2.05, 4.69) is 48.5 Å². The number of methoxy groups -OCH3 is 2. The van der Waals surface area contributed by atoms with Gasteiger partial charge in [0.25, 0.3) is 11.8 Å². The summed E-state index contributed by atoms with van der Waals surface area (Å²) in [4.78, 5) is 30.2. The topological polar surface area (TPSA) is 128 Å². The molecule has 6 aromatic rings. The largest absolute Gasteiger partial charge is 0.497 e. The summed E-state index contributed by atoms with van der Waals surface area (Å²) in [5.74, 6) is 0.722. The number of aryl methyl sites for hydroxylation is 1. The third kappa shape index (κ3) is 7.36. The summed E-state index contributed by atoms with van der Waals surface area (Å²) >= 11 is 0. The zero-order chi connectivity index (χ0) is 41.3. The van der Waals surface area contributed by atoms with E-state index in [1.807, 2.05) is 95.9 Å². The number of fused-ring (bicyclic) bond motifs is 2. The molecular weight excluding hydrogens is 743 g/mol. The lowest BCUT2D eigenvalue weighted by Crippen LogP contribution is -2.45. The number of ether oxygens (including phenoxy) is 3. The van der Waals surface area contributed by atoms with Crippen LogP contribution in [0.2, 0.25) is 0 Å². The summed E-state index contributed by atoms with van der Waals surface area (Å²) in [6, 6.07) is 40.0. The van der Waals surface area contributed by atoms with Crippen molar-refractivity contribution in [2.75, 3.05) is 24.4 Å². The lowest BCUT2D eigenvalue weighted by Gasteiger charge is -2.38. The van der Waals surface area contributed by atoms with E-state index in [1.165, 1.54) is 0 Å². The number of carbonyl (C=O) groups is 2. The zero-order valence-corrected chi connectivity index (χ0v) is 33.9. The maximum atomic E-state index is 15.3. The monoisotopic (exact) mass is 791 g/mol. The molecule has 3 heterocycles. The summed E-state index contributed by atoms with van der Waals surface area (Å²) in [5.41, 5.74) is 4.24. The molecule has 1 saturated heterocycles. The number of hydrogen-bond donors (Lipinski definition) is 2. The van der Waals surface area contributed by atoms with Crippen LogP contribution in [0.3, 0.4) is 0 Å². The standard InChI is InChI=1S/C48H49N5O6/c1-31-43(47(2,3)35-20-24-38(58-5)25-21-35)42(26-27-52-30-40(50-51-52)44(54)33-13-7-6-8-14-33)59-48(31)39-16-9-10-17-41(39)53(46(48)56)29-32-12-11-15-36(28-32)49-45(55)34-18-22-37(57-4)23-19-34/h6-25,28,30-31,42-44,54H,26-27,29H2,1-5H3,(H,49,55)/t31-,42+,43-,44+,48+/m0/s1. The van der Waals surface area contributed by atoms with Crippen molar-refractivity contribution in [1.29, 1.82) is 0 Å². The highest BCUT2D eigenvalue weighted by Gasteiger charge is 2.65. The fourth-order valence-electron chi connectivity index (χ4n) is 9.18. The lowest BCUT2D eigenvalue weighted by atomic mass is 9.63. The third-order valence-corrected chi connectivity index (χ3v) is 12.2. The van der Waals surface area contributed by atoms with Crippen molar-refractivity contribution >= 4 is 23.2 Å². The van der Waals surface area contributed by atoms with Crippen molar-refractivity contribution in [3.05, 3.63) is 167 Å². The van der Waals surface area contributed by atoms with E-state index in [-0.39, 0.29) is 36.3 Å². The van der Waals surface area contributed by atoms with Gasteiger partial charge in [-0.15, -0.1) is 5.10 Å². The van der Waals surface area contributed by atoms with Crippen LogP contribution in [0.1, 0.15) is 71.6 Å². The second kappa shape index (κ2) is 16.2. The van der Waals surface area contributed by atoms with E-state index in [0.717, 1.165) is 33.7 Å². The molecule has 2 amide bonds. The van der Waals surface area contributed by atoms with Gasteiger partial charge in [0.2, 0.25) is 0 Å². The van der Waals surface area contributed by atoms with Crippen LogP contribution in [0.5, 0.6) is 11.5 Å². The Morgan fingerprint density at radius 2 is 1.58 bits per heavy atom. The Bertz CT molecular complexity index is 2430. The van der Waals surface area contributed by atoms with Gasteiger partial charge >= 0.3 is 0 Å². The lowest BCUT2D eigenvalue weighted by molar-refractivity contribution is -0.146. The van der Waals surface area contributed by atoms with Gasteiger partial charge in [0.05, 0.1) is 38.8 Å². The Kier molecular flexibility index (Phi) is 10.8. The SMILES string of the molecule is COc1ccc(C(=O)Nc2cccc(CN3C(=O)[C@]4(O[C@H](CCn5cc([C@H](O)c6ccccc6)nn5)[C@@H](C(C)(C)c5ccc(OC)cc5)[C@@H]4C)c4ccccc43)c2)cc1. The van der Waals surface area contributed by atoms with Crippen LogP contribution < -0.4 is 19.7 Å². The normalized spacial score (nSPS) is 20.4. The minimum atomic E-state index is -1.26. The van der Waals surface area contributed by atoms with Gasteiger partial charge in [-0.1, -0.05) is 98.8 Å². The summed E-state index contributed by atoms with van der Waals surface area (Å²) < 4.78 is 19.8. The first-order valence-corrected chi connectivity index (χ1v) is 19.9. The number of anilines is 2. The highest BCUT2D eigenvalue weighted by molar-refractivity contribution is 6.08. The summed E-state index contributed by atoms with van der Waals surface area (Å²) in [5, 5.41) is 22.7. The number of carbonyl (C=O) groups excluding carboxylic acids is 2. The molecule has 1 fully saturated rings. The molecule has 0 bridgehead atoms. The van der Waals surface area contributed by atoms with Crippen molar-refractivity contribution in [3.63, 3.8) is 0 Å². The molecule has 0 radical (unpaired) electrons. The van der Waals surface area contributed by atoms with Gasteiger partial charge in [0.15, 0.2) is 5.60 Å². The molecule has 1 spiro atoms. The number of para-hydroxylation sites is 1. The first kappa shape index (κ1) is 39.5. The maximum Gasteiger partial charge on any atom is 0.264 e. The Balaban J connectivity index is 1.09. The molecule has 8 rings (SSSR count). The predicted molar refractivity (Wildman–Crippen MR) is 225 cm³/mol. The fourth-order valence-corrected chi connectivity index (χ4v) is 9.18. The van der Waals surface area contributed by atoms with Gasteiger partial charge in [-0.2, -0.15) is 0 Å². The molecule has 2 aliphatic heterocycles. The van der Waals surface area contributed by atoms with E-state index in [0.29, 0.717) is 35.7 Å². The third-order valence-electron chi connectivity index (χ3n) is 12.2. The van der Waals surface area contributed by atoms with Crippen molar-refractivity contribution in [3.8, 4) is 11.5 Å². The van der Waals surface area contributed by atoms with Crippen LogP contribution in [-0.2, 0) is 33.6 Å².